The number of nitrogens with one attached hydrogen (secondary N) is 2. The Morgan fingerprint density at radius 3 is 2.50 bits per heavy atom. The van der Waals surface area contributed by atoms with Gasteiger partial charge in [-0.1, -0.05) is 42.5 Å². The molecule has 0 heterocycles. The molecule has 3 rings (SSSR count). The summed E-state index contributed by atoms with van der Waals surface area (Å²) in [5, 5.41) is 12.3. The number of hydrogen-bond donors (Lipinski definition) is 2. The third-order valence-electron chi connectivity index (χ3n) is 5.84. The SMILES string of the molecule is C=C(OC(C)(C)C)N(Cc1ccc(C(=N)CCc2ccccc2)c(NCCCOC)c1)C1CC1. The molecule has 2 aromatic carbocycles. The Morgan fingerprint density at radius 1 is 1.12 bits per heavy atom. The van der Waals surface area contributed by atoms with Crippen molar-refractivity contribution in [2.45, 2.75) is 71.1 Å². The van der Waals surface area contributed by atoms with Gasteiger partial charge in [0.1, 0.15) is 5.60 Å². The van der Waals surface area contributed by atoms with Crippen molar-refractivity contribution in [3.05, 3.63) is 77.7 Å². The molecular weight excluding hydrogens is 422 g/mol. The van der Waals surface area contributed by atoms with E-state index in [1.54, 1.807) is 7.11 Å². The molecule has 1 aliphatic rings. The Labute approximate surface area is 205 Å². The second-order valence-electron chi connectivity index (χ2n) is 10.1. The van der Waals surface area contributed by atoms with Crippen LogP contribution in [0.25, 0.3) is 0 Å². The summed E-state index contributed by atoms with van der Waals surface area (Å²) in [6.07, 6.45) is 4.85. The standard InChI is InChI=1S/C29H41N3O2/c1-22(34-29(2,3)4)32(25-14-15-25)21-24-12-16-26(28(20-24)31-18-9-19-33-5)27(30)17-13-23-10-7-6-8-11-23/h6-8,10-12,16,20,25,30-31H,1,9,13-15,17-19,21H2,2-5H3. The second-order valence-corrected chi connectivity index (χ2v) is 10.1. The fraction of sp³-hybridized carbons (Fsp3) is 0.483. The number of rotatable bonds is 14. The van der Waals surface area contributed by atoms with Gasteiger partial charge in [0, 0.05) is 49.8 Å². The normalized spacial score (nSPS) is 13.4. The van der Waals surface area contributed by atoms with Crippen LogP contribution < -0.4 is 5.32 Å². The van der Waals surface area contributed by atoms with Crippen LogP contribution in [0, 0.1) is 5.41 Å². The number of benzene rings is 2. The monoisotopic (exact) mass is 463 g/mol. The number of anilines is 1. The highest BCUT2D eigenvalue weighted by Crippen LogP contribution is 2.33. The number of aryl methyl sites for hydroxylation is 1. The largest absolute Gasteiger partial charge is 0.474 e. The molecule has 0 aromatic heterocycles. The van der Waals surface area contributed by atoms with E-state index in [0.717, 1.165) is 43.1 Å². The maximum absolute atomic E-state index is 8.78. The quantitative estimate of drug-likeness (QED) is 0.194. The molecular formula is C29H41N3O2. The lowest BCUT2D eigenvalue weighted by molar-refractivity contribution is -0.00178. The van der Waals surface area contributed by atoms with Crippen LogP contribution in [0.4, 0.5) is 5.69 Å². The fourth-order valence-electron chi connectivity index (χ4n) is 4.00. The molecule has 1 fully saturated rings. The first-order chi connectivity index (χ1) is 16.3. The van der Waals surface area contributed by atoms with Gasteiger partial charge in [0.05, 0.1) is 0 Å². The topological polar surface area (TPSA) is 57.6 Å². The molecule has 5 nitrogen and oxygen atoms in total. The van der Waals surface area contributed by atoms with E-state index < -0.39 is 0 Å². The smallest absolute Gasteiger partial charge is 0.182 e. The minimum absolute atomic E-state index is 0.268. The van der Waals surface area contributed by atoms with E-state index in [1.165, 1.54) is 24.0 Å². The maximum Gasteiger partial charge on any atom is 0.182 e. The molecule has 34 heavy (non-hydrogen) atoms. The van der Waals surface area contributed by atoms with Gasteiger partial charge in [-0.25, -0.2) is 0 Å². The number of methoxy groups -OCH3 is 1. The molecule has 2 N–H and O–H groups in total. The van der Waals surface area contributed by atoms with Gasteiger partial charge < -0.3 is 25.1 Å². The molecule has 1 saturated carbocycles. The zero-order valence-corrected chi connectivity index (χ0v) is 21.3. The van der Waals surface area contributed by atoms with E-state index in [0.29, 0.717) is 24.8 Å². The molecule has 0 unspecified atom stereocenters. The second kappa shape index (κ2) is 12.1. The minimum atomic E-state index is -0.268. The van der Waals surface area contributed by atoms with Gasteiger partial charge in [-0.3, -0.25) is 0 Å². The number of nitrogens with zero attached hydrogens (tertiary/aromatic N) is 1. The van der Waals surface area contributed by atoms with Crippen LogP contribution in [0.1, 0.15) is 63.1 Å². The first-order valence-electron chi connectivity index (χ1n) is 12.4. The van der Waals surface area contributed by atoms with Gasteiger partial charge in [-0.05, 0) is 76.6 Å². The van der Waals surface area contributed by atoms with Crippen LogP contribution in [0.15, 0.2) is 61.0 Å². The molecule has 2 aromatic rings. The third-order valence-corrected chi connectivity index (χ3v) is 5.84. The molecule has 0 aliphatic heterocycles. The van der Waals surface area contributed by atoms with E-state index in [2.05, 4.69) is 80.0 Å². The summed E-state index contributed by atoms with van der Waals surface area (Å²) < 4.78 is 11.3. The summed E-state index contributed by atoms with van der Waals surface area (Å²) in [5.41, 5.74) is 4.83. The lowest BCUT2D eigenvalue weighted by atomic mass is 9.99. The first-order valence-corrected chi connectivity index (χ1v) is 12.4. The van der Waals surface area contributed by atoms with Gasteiger partial charge in [-0.2, -0.15) is 0 Å². The molecule has 0 spiro atoms. The van der Waals surface area contributed by atoms with Crippen molar-refractivity contribution in [2.75, 3.05) is 25.6 Å². The Morgan fingerprint density at radius 2 is 1.85 bits per heavy atom. The molecule has 0 bridgehead atoms. The molecule has 0 radical (unpaired) electrons. The van der Waals surface area contributed by atoms with Crippen LogP contribution in [0.5, 0.6) is 0 Å². The predicted molar refractivity (Wildman–Crippen MR) is 142 cm³/mol. The lowest BCUT2D eigenvalue weighted by Gasteiger charge is -2.32. The molecule has 1 aliphatic carbocycles. The highest BCUT2D eigenvalue weighted by Gasteiger charge is 2.32. The van der Waals surface area contributed by atoms with Crippen LogP contribution in [0.2, 0.25) is 0 Å². The summed E-state index contributed by atoms with van der Waals surface area (Å²) in [6, 6.07) is 17.3. The van der Waals surface area contributed by atoms with Crippen molar-refractivity contribution in [1.82, 2.24) is 4.90 Å². The van der Waals surface area contributed by atoms with Crippen LogP contribution in [-0.2, 0) is 22.4 Å². The van der Waals surface area contributed by atoms with Gasteiger partial charge in [0.25, 0.3) is 0 Å². The summed E-state index contributed by atoms with van der Waals surface area (Å²) in [4.78, 5) is 2.29. The molecule has 0 amide bonds. The van der Waals surface area contributed by atoms with Crippen molar-refractivity contribution in [3.8, 4) is 0 Å². The summed E-state index contributed by atoms with van der Waals surface area (Å²) in [5.74, 6) is 0.740. The summed E-state index contributed by atoms with van der Waals surface area (Å²) >= 11 is 0. The Kier molecular flexibility index (Phi) is 9.17. The van der Waals surface area contributed by atoms with E-state index in [-0.39, 0.29) is 5.60 Å². The number of ether oxygens (including phenoxy) is 2. The van der Waals surface area contributed by atoms with Crippen molar-refractivity contribution in [2.24, 2.45) is 0 Å². The average molecular weight is 464 g/mol. The Balaban J connectivity index is 1.74. The maximum atomic E-state index is 8.78. The minimum Gasteiger partial charge on any atom is -0.474 e. The van der Waals surface area contributed by atoms with Crippen LogP contribution >= 0.6 is 0 Å². The van der Waals surface area contributed by atoms with E-state index >= 15 is 0 Å². The van der Waals surface area contributed by atoms with Crippen LogP contribution in [-0.4, -0.2) is 42.5 Å². The third kappa shape index (κ3) is 8.21. The molecule has 0 atom stereocenters. The van der Waals surface area contributed by atoms with Gasteiger partial charge in [-0.15, -0.1) is 0 Å². The van der Waals surface area contributed by atoms with Crippen molar-refractivity contribution >= 4 is 11.4 Å². The van der Waals surface area contributed by atoms with E-state index in [4.69, 9.17) is 14.9 Å². The van der Waals surface area contributed by atoms with Crippen molar-refractivity contribution < 1.29 is 9.47 Å². The van der Waals surface area contributed by atoms with Crippen molar-refractivity contribution in [3.63, 3.8) is 0 Å². The Hall–Kier alpha value is -2.79. The average Bonchev–Trinajstić information content (AvgIpc) is 3.63. The molecule has 184 valence electrons. The molecule has 5 heteroatoms. The lowest BCUT2D eigenvalue weighted by Crippen LogP contribution is -2.31. The van der Waals surface area contributed by atoms with Gasteiger partial charge >= 0.3 is 0 Å². The van der Waals surface area contributed by atoms with Gasteiger partial charge in [0.2, 0.25) is 0 Å². The van der Waals surface area contributed by atoms with Crippen LogP contribution in [0.3, 0.4) is 0 Å². The number of hydrogen-bond acceptors (Lipinski definition) is 5. The molecule has 0 saturated heterocycles. The van der Waals surface area contributed by atoms with E-state index in [1.807, 2.05) is 6.07 Å². The predicted octanol–water partition coefficient (Wildman–Crippen LogP) is 6.39. The zero-order valence-electron chi connectivity index (χ0n) is 21.3. The van der Waals surface area contributed by atoms with E-state index in [9.17, 15) is 0 Å². The fourth-order valence-corrected chi connectivity index (χ4v) is 4.00. The zero-order chi connectivity index (χ0) is 24.6. The van der Waals surface area contributed by atoms with Crippen molar-refractivity contribution in [1.29, 1.82) is 5.41 Å². The first kappa shape index (κ1) is 25.8. The highest BCUT2D eigenvalue weighted by molar-refractivity contribution is 6.03. The summed E-state index contributed by atoms with van der Waals surface area (Å²) in [6.45, 7) is 12.7. The summed E-state index contributed by atoms with van der Waals surface area (Å²) in [7, 11) is 1.73. The van der Waals surface area contributed by atoms with Gasteiger partial charge in [0.15, 0.2) is 5.88 Å². The highest BCUT2D eigenvalue weighted by atomic mass is 16.5. The Bertz CT molecular complexity index is 946.